The standard InChI is InChI=1S/C52H51F2N9O7/c1-35(36(2)67-28-42(26-37-8-4-3-5-9-37)62-49(64)45-10-6-7-11-46(45)50(62)65)63-51(66)61(34-57-63)41-15-13-39(14-16-41)58-22-24-59(25-23-58)40-17-19-43(20-18-40)68-29-44-30-69-52(70-44,31-60-33-55-32-56-60)47-21-12-38(53)27-48(47)54/h3-21,27,32-36,42,44H,22-26,28-31H2,1-2H3. The Morgan fingerprint density at radius 3 is 2.04 bits per heavy atom. The van der Waals surface area contributed by atoms with Crippen molar-refractivity contribution >= 4 is 23.2 Å². The lowest BCUT2D eigenvalue weighted by atomic mass is 10.0. The quantitative estimate of drug-likeness (QED) is 0.0924. The molecule has 0 bridgehead atoms. The van der Waals surface area contributed by atoms with Gasteiger partial charge in [-0.1, -0.05) is 42.5 Å². The van der Waals surface area contributed by atoms with Crippen LogP contribution in [-0.4, -0.2) is 110 Å². The molecule has 10 rings (SSSR count). The van der Waals surface area contributed by atoms with Crippen molar-refractivity contribution in [2.45, 2.75) is 56.9 Å². The maximum atomic E-state index is 15.0. The molecule has 5 atom stereocenters. The van der Waals surface area contributed by atoms with E-state index in [1.807, 2.05) is 92.7 Å². The van der Waals surface area contributed by atoms with E-state index in [1.165, 1.54) is 49.9 Å². The van der Waals surface area contributed by atoms with Gasteiger partial charge in [0.25, 0.3) is 11.8 Å². The second kappa shape index (κ2) is 19.8. The lowest BCUT2D eigenvalue weighted by molar-refractivity contribution is -0.192. The fraction of sp³-hybridized carbons (Fsp3) is 0.308. The van der Waals surface area contributed by atoms with Crippen molar-refractivity contribution in [2.75, 3.05) is 55.8 Å². The average molecular weight is 952 g/mol. The van der Waals surface area contributed by atoms with Crippen molar-refractivity contribution in [2.24, 2.45) is 0 Å². The molecule has 70 heavy (non-hydrogen) atoms. The number of carbonyl (C=O) groups excluding carboxylic acids is 2. The van der Waals surface area contributed by atoms with E-state index >= 15 is 4.39 Å². The Hall–Kier alpha value is -7.54. The second-order valence-corrected chi connectivity index (χ2v) is 17.7. The molecule has 5 unspecified atom stereocenters. The van der Waals surface area contributed by atoms with E-state index in [1.54, 1.807) is 24.3 Å². The number of hydrogen-bond donors (Lipinski definition) is 0. The summed E-state index contributed by atoms with van der Waals surface area (Å²) in [6, 6.07) is 34.5. The van der Waals surface area contributed by atoms with Crippen LogP contribution in [0.1, 0.15) is 51.7 Å². The molecule has 2 saturated heterocycles. The van der Waals surface area contributed by atoms with Crippen LogP contribution in [0.2, 0.25) is 0 Å². The van der Waals surface area contributed by atoms with Crippen LogP contribution in [0.15, 0.2) is 145 Å². The van der Waals surface area contributed by atoms with Crippen LogP contribution in [0.25, 0.3) is 5.69 Å². The molecule has 0 N–H and O–H groups in total. The number of hydrogen-bond acceptors (Lipinski definition) is 12. The number of ether oxygens (including phenoxy) is 4. The molecule has 5 aromatic carbocycles. The van der Waals surface area contributed by atoms with Gasteiger partial charge in [0, 0.05) is 49.2 Å². The molecule has 0 spiro atoms. The summed E-state index contributed by atoms with van der Waals surface area (Å²) in [5.74, 6) is -3.08. The highest BCUT2D eigenvalue weighted by molar-refractivity contribution is 6.21. The number of imide groups is 1. The second-order valence-electron chi connectivity index (χ2n) is 17.7. The third kappa shape index (κ3) is 9.44. The summed E-state index contributed by atoms with van der Waals surface area (Å²) in [5.41, 5.74) is 4.25. The number of rotatable bonds is 17. The van der Waals surface area contributed by atoms with Crippen LogP contribution < -0.4 is 20.2 Å². The van der Waals surface area contributed by atoms with Gasteiger partial charge in [-0.15, -0.1) is 0 Å². The molecule has 0 radical (unpaired) electrons. The Morgan fingerprint density at radius 1 is 0.757 bits per heavy atom. The Bertz CT molecular complexity index is 2960. The first kappa shape index (κ1) is 46.2. The van der Waals surface area contributed by atoms with E-state index in [0.29, 0.717) is 29.0 Å². The molecule has 2 aromatic heterocycles. The van der Waals surface area contributed by atoms with Gasteiger partial charge in [0.1, 0.15) is 55.6 Å². The molecular formula is C52H51F2N9O7. The van der Waals surface area contributed by atoms with Crippen molar-refractivity contribution in [3.63, 3.8) is 0 Å². The van der Waals surface area contributed by atoms with Gasteiger partial charge in [-0.05, 0) is 98.6 Å². The van der Waals surface area contributed by atoms with Gasteiger partial charge < -0.3 is 28.7 Å². The first-order valence-electron chi connectivity index (χ1n) is 23.2. The van der Waals surface area contributed by atoms with E-state index < -0.39 is 41.7 Å². The lowest BCUT2D eigenvalue weighted by Gasteiger charge is -2.37. The third-order valence-electron chi connectivity index (χ3n) is 13.3. The highest BCUT2D eigenvalue weighted by Gasteiger charge is 2.46. The Labute approximate surface area is 402 Å². The highest BCUT2D eigenvalue weighted by atomic mass is 19.1. The zero-order chi connectivity index (χ0) is 48.4. The first-order chi connectivity index (χ1) is 34.0. The van der Waals surface area contributed by atoms with E-state index in [-0.39, 0.29) is 49.4 Å². The number of nitrogens with zero attached hydrogens (tertiary/aromatic N) is 9. The summed E-state index contributed by atoms with van der Waals surface area (Å²) in [6.45, 7) is 7.23. The summed E-state index contributed by atoms with van der Waals surface area (Å²) in [6.07, 6.45) is 3.73. The molecule has 2 amide bonds. The maximum Gasteiger partial charge on any atom is 0.350 e. The molecule has 360 valence electrons. The predicted octanol–water partition coefficient (Wildman–Crippen LogP) is 6.45. The van der Waals surface area contributed by atoms with Crippen molar-refractivity contribution in [1.29, 1.82) is 0 Å². The van der Waals surface area contributed by atoms with Crippen molar-refractivity contribution in [1.82, 2.24) is 34.0 Å². The molecule has 5 heterocycles. The van der Waals surface area contributed by atoms with Gasteiger partial charge in [-0.2, -0.15) is 10.2 Å². The number of piperazine rings is 1. The summed E-state index contributed by atoms with van der Waals surface area (Å²) in [4.78, 5) is 50.7. The van der Waals surface area contributed by atoms with Gasteiger partial charge in [-0.3, -0.25) is 14.5 Å². The number of anilines is 2. The number of halogens is 2. The summed E-state index contributed by atoms with van der Waals surface area (Å²) in [5, 5.41) is 8.58. The minimum Gasteiger partial charge on any atom is -0.491 e. The van der Waals surface area contributed by atoms with Crippen LogP contribution in [-0.2, 0) is 33.0 Å². The minimum atomic E-state index is -1.54. The topological polar surface area (TPSA) is 151 Å². The summed E-state index contributed by atoms with van der Waals surface area (Å²) in [7, 11) is 0. The normalized spacial score (nSPS) is 19.4. The zero-order valence-electron chi connectivity index (χ0n) is 38.6. The fourth-order valence-corrected chi connectivity index (χ4v) is 9.30. The highest BCUT2D eigenvalue weighted by Crippen LogP contribution is 2.38. The molecule has 2 fully saturated rings. The van der Waals surface area contributed by atoms with Crippen molar-refractivity contribution in [3.8, 4) is 11.4 Å². The molecule has 0 aliphatic carbocycles. The van der Waals surface area contributed by atoms with E-state index in [4.69, 9.17) is 18.9 Å². The molecule has 18 heteroatoms. The third-order valence-corrected chi connectivity index (χ3v) is 13.3. The van der Waals surface area contributed by atoms with E-state index in [0.717, 1.165) is 49.2 Å². The number of carbonyl (C=O) groups is 2. The Balaban J connectivity index is 0.714. The molecular weight excluding hydrogens is 901 g/mol. The Morgan fingerprint density at radius 2 is 1.40 bits per heavy atom. The van der Waals surface area contributed by atoms with E-state index in [2.05, 4.69) is 25.0 Å². The zero-order valence-corrected chi connectivity index (χ0v) is 38.6. The maximum absolute atomic E-state index is 15.0. The van der Waals surface area contributed by atoms with Gasteiger partial charge in [-0.25, -0.2) is 32.5 Å². The lowest BCUT2D eigenvalue weighted by Crippen LogP contribution is -2.46. The van der Waals surface area contributed by atoms with Gasteiger partial charge in [0.2, 0.25) is 5.79 Å². The van der Waals surface area contributed by atoms with Crippen LogP contribution in [0.4, 0.5) is 20.2 Å². The number of aromatic nitrogens is 6. The molecule has 16 nitrogen and oxygen atoms in total. The number of benzene rings is 5. The van der Waals surface area contributed by atoms with Gasteiger partial charge in [0.05, 0.1) is 48.2 Å². The Kier molecular flexibility index (Phi) is 13.1. The van der Waals surface area contributed by atoms with Crippen LogP contribution in [0, 0.1) is 11.6 Å². The van der Waals surface area contributed by atoms with E-state index in [9.17, 15) is 18.8 Å². The SMILES string of the molecule is CC(OCC(Cc1ccccc1)N1C(=O)c2ccccc2C1=O)C(C)n1ncn(-c2ccc(N3CCN(c4ccc(OCC5COC(Cn6cncn6)(c6ccc(F)cc6F)O5)cc4)CC3)cc2)c1=O. The predicted molar refractivity (Wildman–Crippen MR) is 254 cm³/mol. The minimum absolute atomic E-state index is 0.0107. The first-order valence-corrected chi connectivity index (χ1v) is 23.2. The molecule has 3 aliphatic heterocycles. The number of fused-ring (bicyclic) bond motifs is 1. The molecule has 3 aliphatic rings. The van der Waals surface area contributed by atoms with Crippen LogP contribution in [0.5, 0.6) is 5.75 Å². The van der Waals surface area contributed by atoms with Gasteiger partial charge in [0.15, 0.2) is 0 Å². The molecule has 7 aromatic rings. The van der Waals surface area contributed by atoms with Crippen LogP contribution >= 0.6 is 0 Å². The average Bonchev–Trinajstić information content (AvgIpc) is 4.19. The smallest absolute Gasteiger partial charge is 0.350 e. The summed E-state index contributed by atoms with van der Waals surface area (Å²) >= 11 is 0. The number of amides is 2. The largest absolute Gasteiger partial charge is 0.491 e. The van der Waals surface area contributed by atoms with Gasteiger partial charge >= 0.3 is 5.69 Å². The van der Waals surface area contributed by atoms with Crippen molar-refractivity contribution in [3.05, 3.63) is 185 Å². The monoisotopic (exact) mass is 951 g/mol. The molecule has 0 saturated carbocycles. The fourth-order valence-electron chi connectivity index (χ4n) is 9.30. The summed E-state index contributed by atoms with van der Waals surface area (Å²) < 4.78 is 57.9. The van der Waals surface area contributed by atoms with Crippen LogP contribution in [0.3, 0.4) is 0 Å². The van der Waals surface area contributed by atoms with Crippen molar-refractivity contribution < 1.29 is 37.3 Å².